The van der Waals surface area contributed by atoms with Crippen molar-refractivity contribution in [2.75, 3.05) is 7.11 Å². The first-order valence-electron chi connectivity index (χ1n) is 11.1. The fraction of sp³-hybridized carbons (Fsp3) is 0.240. The van der Waals surface area contributed by atoms with E-state index >= 15 is 0 Å². The Morgan fingerprint density at radius 3 is 2.28 bits per heavy atom. The van der Waals surface area contributed by atoms with Crippen LogP contribution in [0.4, 0.5) is 0 Å². The smallest absolute Gasteiger partial charge is 0.342 e. The Balaban J connectivity index is 1.71. The van der Waals surface area contributed by atoms with E-state index in [9.17, 15) is 14.4 Å². The fourth-order valence-electron chi connectivity index (χ4n) is 3.76. The first-order valence-corrected chi connectivity index (χ1v) is 11.8. The predicted octanol–water partition coefficient (Wildman–Crippen LogP) is 3.76. The lowest BCUT2D eigenvalue weighted by Gasteiger charge is -2.14. The van der Waals surface area contributed by atoms with Gasteiger partial charge in [0.1, 0.15) is 5.75 Å². The highest BCUT2D eigenvalue weighted by Crippen LogP contribution is 2.31. The van der Waals surface area contributed by atoms with Crippen LogP contribution >= 0.6 is 23.2 Å². The van der Waals surface area contributed by atoms with Crippen LogP contribution < -0.4 is 21.5 Å². The monoisotopic (exact) mass is 527 g/mol. The van der Waals surface area contributed by atoms with Gasteiger partial charge in [-0.05, 0) is 47.4 Å². The molecule has 9 nitrogen and oxygen atoms in total. The van der Waals surface area contributed by atoms with Crippen LogP contribution in [0.5, 0.6) is 5.75 Å². The molecule has 2 heterocycles. The Bertz CT molecular complexity index is 1570. The Kier molecular flexibility index (Phi) is 7.42. The van der Waals surface area contributed by atoms with Crippen LogP contribution in [0, 0.1) is 0 Å². The second kappa shape index (κ2) is 10.5. The molecule has 0 saturated carbocycles. The van der Waals surface area contributed by atoms with Gasteiger partial charge in [-0.2, -0.15) is 10.2 Å². The van der Waals surface area contributed by atoms with E-state index < -0.39 is 11.2 Å². The van der Waals surface area contributed by atoms with Gasteiger partial charge in [0.05, 0.1) is 19.3 Å². The molecule has 0 amide bonds. The summed E-state index contributed by atoms with van der Waals surface area (Å²) in [7, 11) is 1.59. The van der Waals surface area contributed by atoms with Crippen molar-refractivity contribution in [3.63, 3.8) is 0 Å². The maximum absolute atomic E-state index is 13.1. The molecular weight excluding hydrogens is 505 g/mol. The van der Waals surface area contributed by atoms with E-state index in [1.807, 2.05) is 38.1 Å². The maximum atomic E-state index is 13.1. The van der Waals surface area contributed by atoms with Crippen molar-refractivity contribution in [2.45, 2.75) is 32.7 Å². The molecule has 0 aliphatic rings. The molecule has 2 N–H and O–H groups in total. The molecule has 0 radical (unpaired) electrons. The number of benzene rings is 2. The third kappa shape index (κ3) is 5.42. The summed E-state index contributed by atoms with van der Waals surface area (Å²) in [4.78, 5) is 38.6. The summed E-state index contributed by atoms with van der Waals surface area (Å²) < 4.78 is 6.64. The van der Waals surface area contributed by atoms with Gasteiger partial charge in [-0.1, -0.05) is 49.2 Å². The van der Waals surface area contributed by atoms with Crippen LogP contribution in [0.15, 0.2) is 56.8 Å². The maximum Gasteiger partial charge on any atom is 0.342 e. The molecule has 4 rings (SSSR count). The van der Waals surface area contributed by atoms with Crippen molar-refractivity contribution in [1.29, 1.82) is 0 Å². The van der Waals surface area contributed by atoms with Crippen LogP contribution in [-0.4, -0.2) is 32.1 Å². The lowest BCUT2D eigenvalue weighted by Crippen LogP contribution is -2.28. The molecule has 0 spiro atoms. The minimum Gasteiger partial charge on any atom is -0.497 e. The average molecular weight is 528 g/mol. The molecule has 4 aromatic rings. The van der Waals surface area contributed by atoms with Crippen molar-refractivity contribution in [3.05, 3.63) is 106 Å². The minimum absolute atomic E-state index is 0.0155. The van der Waals surface area contributed by atoms with Gasteiger partial charge in [-0.25, -0.2) is 14.6 Å². The minimum atomic E-state index is -0.714. The van der Waals surface area contributed by atoms with Crippen LogP contribution in [-0.2, 0) is 13.0 Å². The van der Waals surface area contributed by atoms with E-state index in [1.54, 1.807) is 25.3 Å². The predicted molar refractivity (Wildman–Crippen MR) is 138 cm³/mol. The zero-order chi connectivity index (χ0) is 26.0. The molecule has 2 aromatic carbocycles. The summed E-state index contributed by atoms with van der Waals surface area (Å²) in [5.41, 5.74) is 1.52. The fourth-order valence-corrected chi connectivity index (χ4v) is 4.38. The number of hydrogen-bond acceptors (Lipinski definition) is 6. The van der Waals surface area contributed by atoms with Gasteiger partial charge in [0, 0.05) is 27.6 Å². The number of H-pyrrole nitrogens is 2. The zero-order valence-corrected chi connectivity index (χ0v) is 21.3. The molecule has 0 atom stereocenters. The van der Waals surface area contributed by atoms with Crippen molar-refractivity contribution in [1.82, 2.24) is 25.0 Å². The largest absolute Gasteiger partial charge is 0.497 e. The molecule has 2 aromatic heterocycles. The second-order valence-electron chi connectivity index (χ2n) is 8.51. The van der Waals surface area contributed by atoms with E-state index in [0.29, 0.717) is 32.4 Å². The summed E-state index contributed by atoms with van der Waals surface area (Å²) in [5.74, 6) is 0.704. The SMILES string of the molecule is COc1ccc(Cn2nc(Cc3c(Cl)cc(-c4n[nH]c(=O)[nH]c4=O)cc3Cl)cc(C(C)C)c2=O)cc1. The van der Waals surface area contributed by atoms with E-state index in [2.05, 4.69) is 20.3 Å². The summed E-state index contributed by atoms with van der Waals surface area (Å²) in [6.07, 6.45) is 0.260. The number of methoxy groups -OCH3 is 1. The van der Waals surface area contributed by atoms with Gasteiger partial charge < -0.3 is 4.74 Å². The number of aromatic amines is 2. The van der Waals surface area contributed by atoms with Gasteiger partial charge in [0.2, 0.25) is 0 Å². The number of nitrogens with one attached hydrogen (secondary N) is 2. The number of aromatic nitrogens is 5. The van der Waals surface area contributed by atoms with E-state index in [4.69, 9.17) is 27.9 Å². The molecule has 0 saturated heterocycles. The number of halogens is 2. The Morgan fingerprint density at radius 1 is 1.03 bits per heavy atom. The average Bonchev–Trinajstić information content (AvgIpc) is 2.83. The molecule has 0 bridgehead atoms. The summed E-state index contributed by atoms with van der Waals surface area (Å²) >= 11 is 13.1. The highest BCUT2D eigenvalue weighted by atomic mass is 35.5. The lowest BCUT2D eigenvalue weighted by molar-refractivity contribution is 0.414. The third-order valence-corrected chi connectivity index (χ3v) is 6.32. The number of hydrogen-bond donors (Lipinski definition) is 2. The number of ether oxygens (including phenoxy) is 1. The molecule has 11 heteroatoms. The van der Waals surface area contributed by atoms with Crippen LogP contribution in [0.3, 0.4) is 0 Å². The highest BCUT2D eigenvalue weighted by Gasteiger charge is 2.17. The van der Waals surface area contributed by atoms with Crippen LogP contribution in [0.1, 0.15) is 42.1 Å². The Morgan fingerprint density at radius 2 is 1.69 bits per heavy atom. The van der Waals surface area contributed by atoms with Gasteiger partial charge in [0.25, 0.3) is 11.1 Å². The standard InChI is InChI=1S/C25H23Cl2N5O4/c1-13(2)18-10-16(31-32(24(18)34)12-14-4-6-17(36-3)7-5-14)11-19-20(26)8-15(9-21(19)27)22-23(33)28-25(35)30-29-22/h4-10,13H,11-12H2,1-3H3,(H2,28,30,33,35). The van der Waals surface area contributed by atoms with Crippen molar-refractivity contribution < 1.29 is 4.74 Å². The van der Waals surface area contributed by atoms with E-state index in [-0.39, 0.29) is 30.1 Å². The normalized spacial score (nSPS) is 11.2. The Labute approximate surface area is 215 Å². The third-order valence-electron chi connectivity index (χ3n) is 5.65. The number of nitrogens with zero attached hydrogens (tertiary/aromatic N) is 3. The number of rotatable bonds is 7. The topological polar surface area (TPSA) is 123 Å². The first-order chi connectivity index (χ1) is 17.2. The van der Waals surface area contributed by atoms with Crippen LogP contribution in [0.25, 0.3) is 11.3 Å². The van der Waals surface area contributed by atoms with E-state index in [1.165, 1.54) is 4.68 Å². The molecule has 0 fully saturated rings. The van der Waals surface area contributed by atoms with Crippen molar-refractivity contribution in [3.8, 4) is 17.0 Å². The molecule has 36 heavy (non-hydrogen) atoms. The summed E-state index contributed by atoms with van der Waals surface area (Å²) in [6.45, 7) is 4.18. The Hall–Kier alpha value is -3.69. The molecule has 186 valence electrons. The quantitative estimate of drug-likeness (QED) is 0.377. The lowest BCUT2D eigenvalue weighted by atomic mass is 10.0. The summed E-state index contributed by atoms with van der Waals surface area (Å²) in [5, 5.41) is 11.2. The van der Waals surface area contributed by atoms with E-state index in [0.717, 1.165) is 11.3 Å². The van der Waals surface area contributed by atoms with Gasteiger partial charge in [-0.3, -0.25) is 14.6 Å². The van der Waals surface area contributed by atoms with Gasteiger partial charge in [-0.15, -0.1) is 0 Å². The van der Waals surface area contributed by atoms with Crippen molar-refractivity contribution in [2.24, 2.45) is 0 Å². The highest BCUT2D eigenvalue weighted by molar-refractivity contribution is 6.36. The van der Waals surface area contributed by atoms with Crippen molar-refractivity contribution >= 4 is 23.2 Å². The molecular formula is C25H23Cl2N5O4. The van der Waals surface area contributed by atoms with Crippen LogP contribution in [0.2, 0.25) is 10.0 Å². The molecule has 0 unspecified atom stereocenters. The van der Waals surface area contributed by atoms with Gasteiger partial charge >= 0.3 is 5.69 Å². The summed E-state index contributed by atoms with van der Waals surface area (Å²) in [6, 6.07) is 12.3. The molecule has 0 aliphatic carbocycles. The second-order valence-corrected chi connectivity index (χ2v) is 9.32. The first kappa shape index (κ1) is 25.4. The zero-order valence-electron chi connectivity index (χ0n) is 19.8. The van der Waals surface area contributed by atoms with Gasteiger partial charge in [0.15, 0.2) is 5.69 Å². The molecule has 0 aliphatic heterocycles.